The van der Waals surface area contributed by atoms with Crippen molar-refractivity contribution in [2.45, 2.75) is 25.6 Å². The predicted molar refractivity (Wildman–Crippen MR) is 100 cm³/mol. The van der Waals surface area contributed by atoms with Gasteiger partial charge in [0.25, 0.3) is 0 Å². The van der Waals surface area contributed by atoms with Crippen molar-refractivity contribution < 1.29 is 14.3 Å². The Kier molecular flexibility index (Phi) is 5.16. The van der Waals surface area contributed by atoms with Crippen LogP contribution in [0.5, 0.6) is 0 Å². The number of likely N-dealkylation sites (tertiary alicyclic amines) is 1. The summed E-state index contributed by atoms with van der Waals surface area (Å²) in [5.41, 5.74) is 2.54. The number of anilines is 1. The first kappa shape index (κ1) is 17.8. The van der Waals surface area contributed by atoms with Gasteiger partial charge in [0, 0.05) is 57.8 Å². The number of hydrogen-bond donors (Lipinski definition) is 0. The molecular formula is C20H29N3O3. The van der Waals surface area contributed by atoms with Gasteiger partial charge in [-0.15, -0.1) is 0 Å². The molecule has 3 heterocycles. The molecule has 1 amide bonds. The highest BCUT2D eigenvalue weighted by atomic mass is 16.7. The minimum absolute atomic E-state index is 0.248. The normalized spacial score (nSPS) is 23.6. The number of carbonyl (C=O) groups excluding carboxylic acids is 1. The Labute approximate surface area is 155 Å². The molecule has 3 aliphatic heterocycles. The van der Waals surface area contributed by atoms with E-state index in [0.29, 0.717) is 19.8 Å². The molecule has 1 aromatic carbocycles. The summed E-state index contributed by atoms with van der Waals surface area (Å²) in [6.45, 7) is 9.18. The van der Waals surface area contributed by atoms with E-state index >= 15 is 0 Å². The molecule has 142 valence electrons. The molecule has 0 aliphatic carbocycles. The van der Waals surface area contributed by atoms with Gasteiger partial charge in [-0.25, -0.2) is 0 Å². The van der Waals surface area contributed by atoms with Gasteiger partial charge in [-0.3, -0.25) is 9.69 Å². The predicted octanol–water partition coefficient (Wildman–Crippen LogP) is 1.48. The molecule has 4 rings (SSSR count). The Morgan fingerprint density at radius 1 is 1.04 bits per heavy atom. The van der Waals surface area contributed by atoms with E-state index in [-0.39, 0.29) is 11.7 Å². The number of amides is 1. The topological polar surface area (TPSA) is 45.2 Å². The molecule has 3 aliphatic rings. The number of piperidine rings is 1. The summed E-state index contributed by atoms with van der Waals surface area (Å²) in [7, 11) is 0. The highest BCUT2D eigenvalue weighted by molar-refractivity contribution is 5.78. The van der Waals surface area contributed by atoms with Crippen molar-refractivity contribution >= 4 is 11.6 Å². The fraction of sp³-hybridized carbons (Fsp3) is 0.650. The second-order valence-electron chi connectivity index (χ2n) is 7.59. The smallest absolute Gasteiger partial charge is 0.236 e. The second kappa shape index (κ2) is 7.55. The fourth-order valence-electron chi connectivity index (χ4n) is 4.17. The van der Waals surface area contributed by atoms with Gasteiger partial charge in [-0.1, -0.05) is 12.1 Å². The minimum Gasteiger partial charge on any atom is -0.368 e. The number of nitrogens with zero attached hydrogens (tertiary/aromatic N) is 3. The Bertz CT molecular complexity index is 627. The zero-order valence-corrected chi connectivity index (χ0v) is 15.7. The summed E-state index contributed by atoms with van der Waals surface area (Å²) in [6, 6.07) is 8.59. The minimum atomic E-state index is -0.362. The lowest BCUT2D eigenvalue weighted by atomic mass is 10.0. The van der Waals surface area contributed by atoms with Gasteiger partial charge in [0.05, 0.1) is 19.8 Å². The molecule has 0 aromatic heterocycles. The molecule has 0 radical (unpaired) electrons. The van der Waals surface area contributed by atoms with E-state index in [1.807, 2.05) is 4.90 Å². The zero-order chi connectivity index (χ0) is 18.0. The quantitative estimate of drug-likeness (QED) is 0.818. The third-order valence-corrected chi connectivity index (χ3v) is 5.79. The van der Waals surface area contributed by atoms with Crippen molar-refractivity contribution in [2.24, 2.45) is 0 Å². The van der Waals surface area contributed by atoms with Gasteiger partial charge >= 0.3 is 0 Å². The fourth-order valence-corrected chi connectivity index (χ4v) is 4.17. The number of piperazine rings is 1. The summed E-state index contributed by atoms with van der Waals surface area (Å²) in [5.74, 6) is -0.114. The van der Waals surface area contributed by atoms with E-state index in [4.69, 9.17) is 9.47 Å². The third-order valence-electron chi connectivity index (χ3n) is 5.79. The molecule has 6 nitrogen and oxygen atoms in total. The van der Waals surface area contributed by atoms with Crippen LogP contribution >= 0.6 is 0 Å². The Balaban J connectivity index is 1.24. The maximum atomic E-state index is 12.7. The first-order chi connectivity index (χ1) is 12.6. The molecule has 6 heteroatoms. The number of rotatable bonds is 3. The molecule has 0 bridgehead atoms. The van der Waals surface area contributed by atoms with Crippen LogP contribution < -0.4 is 4.90 Å². The molecule has 0 N–H and O–H groups in total. The lowest BCUT2D eigenvalue weighted by Crippen LogP contribution is -2.53. The van der Waals surface area contributed by atoms with Crippen LogP contribution in [0.15, 0.2) is 24.3 Å². The van der Waals surface area contributed by atoms with E-state index in [9.17, 15) is 4.79 Å². The number of benzene rings is 1. The molecule has 0 atom stereocenters. The van der Waals surface area contributed by atoms with Crippen molar-refractivity contribution in [1.29, 1.82) is 0 Å². The largest absolute Gasteiger partial charge is 0.368 e. The number of hydrogen-bond acceptors (Lipinski definition) is 5. The highest BCUT2D eigenvalue weighted by Crippen LogP contribution is 2.31. The summed E-state index contributed by atoms with van der Waals surface area (Å²) in [6.07, 6.45) is 1.73. The monoisotopic (exact) mass is 359 g/mol. The summed E-state index contributed by atoms with van der Waals surface area (Å²) < 4.78 is 11.5. The summed E-state index contributed by atoms with van der Waals surface area (Å²) in [5, 5.41) is 0. The van der Waals surface area contributed by atoms with E-state index in [0.717, 1.165) is 52.1 Å². The van der Waals surface area contributed by atoms with Crippen molar-refractivity contribution in [3.05, 3.63) is 29.8 Å². The molecule has 1 aromatic rings. The van der Waals surface area contributed by atoms with E-state index in [1.165, 1.54) is 11.3 Å². The van der Waals surface area contributed by atoms with Crippen LogP contribution in [0.4, 0.5) is 5.69 Å². The molecule has 3 fully saturated rings. The van der Waals surface area contributed by atoms with E-state index in [2.05, 4.69) is 41.0 Å². The number of ether oxygens (including phenoxy) is 2. The molecule has 26 heavy (non-hydrogen) atoms. The zero-order valence-electron chi connectivity index (χ0n) is 15.7. The molecular weight excluding hydrogens is 330 g/mol. The van der Waals surface area contributed by atoms with Gasteiger partial charge in [0.1, 0.15) is 0 Å². The van der Waals surface area contributed by atoms with Gasteiger partial charge in [0.2, 0.25) is 5.91 Å². The van der Waals surface area contributed by atoms with Crippen LogP contribution in [0.2, 0.25) is 0 Å². The standard InChI is InChI=1S/C20H29N3O3/c1-17-3-2-4-18(15-17)22-9-11-23(12-10-22)19(24)16-21-7-5-20(6-8-21)25-13-14-26-20/h2-4,15H,5-14,16H2,1H3. The Hall–Kier alpha value is -1.63. The van der Waals surface area contributed by atoms with Crippen LogP contribution in [0.3, 0.4) is 0 Å². The molecule has 0 saturated carbocycles. The lowest BCUT2D eigenvalue weighted by molar-refractivity contribution is -0.186. The maximum Gasteiger partial charge on any atom is 0.236 e. The van der Waals surface area contributed by atoms with Crippen molar-refractivity contribution in [3.8, 4) is 0 Å². The average Bonchev–Trinajstić information content (AvgIpc) is 3.12. The first-order valence-corrected chi connectivity index (χ1v) is 9.73. The van der Waals surface area contributed by atoms with Crippen LogP contribution in [-0.4, -0.2) is 80.5 Å². The SMILES string of the molecule is Cc1cccc(N2CCN(C(=O)CN3CCC4(CC3)OCCO4)CC2)c1. The highest BCUT2D eigenvalue weighted by Gasteiger charge is 2.40. The van der Waals surface area contributed by atoms with Gasteiger partial charge in [-0.2, -0.15) is 0 Å². The van der Waals surface area contributed by atoms with Crippen LogP contribution in [0.25, 0.3) is 0 Å². The summed E-state index contributed by atoms with van der Waals surface area (Å²) >= 11 is 0. The number of carbonyl (C=O) groups is 1. The van der Waals surface area contributed by atoms with Crippen LogP contribution in [0.1, 0.15) is 18.4 Å². The van der Waals surface area contributed by atoms with Crippen molar-refractivity contribution in [1.82, 2.24) is 9.80 Å². The maximum absolute atomic E-state index is 12.7. The summed E-state index contributed by atoms with van der Waals surface area (Å²) in [4.78, 5) is 19.3. The second-order valence-corrected chi connectivity index (χ2v) is 7.59. The van der Waals surface area contributed by atoms with E-state index < -0.39 is 0 Å². The Morgan fingerprint density at radius 3 is 2.38 bits per heavy atom. The van der Waals surface area contributed by atoms with Crippen LogP contribution in [-0.2, 0) is 14.3 Å². The van der Waals surface area contributed by atoms with Crippen molar-refractivity contribution in [3.63, 3.8) is 0 Å². The molecule has 3 saturated heterocycles. The first-order valence-electron chi connectivity index (χ1n) is 9.73. The lowest BCUT2D eigenvalue weighted by Gasteiger charge is -2.39. The van der Waals surface area contributed by atoms with Gasteiger partial charge in [-0.05, 0) is 24.6 Å². The number of aryl methyl sites for hydroxylation is 1. The molecule has 0 unspecified atom stereocenters. The Morgan fingerprint density at radius 2 is 1.73 bits per heavy atom. The van der Waals surface area contributed by atoms with Gasteiger partial charge in [0.15, 0.2) is 5.79 Å². The van der Waals surface area contributed by atoms with Gasteiger partial charge < -0.3 is 19.3 Å². The van der Waals surface area contributed by atoms with Crippen LogP contribution in [0, 0.1) is 6.92 Å². The van der Waals surface area contributed by atoms with E-state index in [1.54, 1.807) is 0 Å². The third kappa shape index (κ3) is 3.87. The molecule has 1 spiro atoms. The van der Waals surface area contributed by atoms with Crippen molar-refractivity contribution in [2.75, 3.05) is 63.9 Å². The average molecular weight is 359 g/mol.